The summed E-state index contributed by atoms with van der Waals surface area (Å²) in [7, 11) is 0. The van der Waals surface area contributed by atoms with Gasteiger partial charge in [-0.2, -0.15) is 0 Å². The SMILES string of the molecule is C1=CC2CC1CC21CCCCCCC1. The minimum Gasteiger partial charge on any atom is -0.0851 e. The van der Waals surface area contributed by atoms with Crippen molar-refractivity contribution in [2.45, 2.75) is 57.8 Å². The zero-order chi connectivity index (χ0) is 9.43. The van der Waals surface area contributed by atoms with Crippen LogP contribution in [-0.2, 0) is 0 Å². The summed E-state index contributed by atoms with van der Waals surface area (Å²) in [6.45, 7) is 0. The van der Waals surface area contributed by atoms with E-state index in [0.717, 1.165) is 17.3 Å². The Bertz CT molecular complexity index is 230. The third kappa shape index (κ3) is 1.34. The van der Waals surface area contributed by atoms with Crippen LogP contribution in [0.1, 0.15) is 57.8 Å². The van der Waals surface area contributed by atoms with E-state index in [2.05, 4.69) is 12.2 Å². The van der Waals surface area contributed by atoms with Crippen molar-refractivity contribution in [3.05, 3.63) is 12.2 Å². The van der Waals surface area contributed by atoms with E-state index in [4.69, 9.17) is 0 Å². The van der Waals surface area contributed by atoms with Crippen molar-refractivity contribution >= 4 is 0 Å². The number of hydrogen-bond donors (Lipinski definition) is 0. The second-order valence-electron chi connectivity index (χ2n) is 5.82. The molecule has 0 heteroatoms. The molecule has 0 aliphatic heterocycles. The smallest absolute Gasteiger partial charge is 0.0171 e. The predicted molar refractivity (Wildman–Crippen MR) is 60.1 cm³/mol. The van der Waals surface area contributed by atoms with Gasteiger partial charge in [0, 0.05) is 0 Å². The van der Waals surface area contributed by atoms with Crippen molar-refractivity contribution in [3.63, 3.8) is 0 Å². The third-order valence-electron chi connectivity index (χ3n) is 4.98. The van der Waals surface area contributed by atoms with Crippen LogP contribution in [0.4, 0.5) is 0 Å². The van der Waals surface area contributed by atoms with Gasteiger partial charge in [0.25, 0.3) is 0 Å². The first-order valence-corrected chi connectivity index (χ1v) is 6.57. The first-order valence-electron chi connectivity index (χ1n) is 6.57. The monoisotopic (exact) mass is 190 g/mol. The van der Waals surface area contributed by atoms with Crippen LogP contribution >= 0.6 is 0 Å². The molecule has 0 amide bonds. The van der Waals surface area contributed by atoms with Crippen molar-refractivity contribution in [3.8, 4) is 0 Å². The topological polar surface area (TPSA) is 0 Å². The summed E-state index contributed by atoms with van der Waals surface area (Å²) >= 11 is 0. The summed E-state index contributed by atoms with van der Waals surface area (Å²) in [5, 5.41) is 0. The molecular weight excluding hydrogens is 168 g/mol. The summed E-state index contributed by atoms with van der Waals surface area (Å²) in [5.41, 5.74) is 0.778. The van der Waals surface area contributed by atoms with E-state index in [1.54, 1.807) is 12.8 Å². The average Bonchev–Trinajstić information content (AvgIpc) is 2.71. The molecule has 2 saturated carbocycles. The average molecular weight is 190 g/mol. The zero-order valence-electron chi connectivity index (χ0n) is 9.17. The second-order valence-corrected chi connectivity index (χ2v) is 5.82. The molecule has 14 heavy (non-hydrogen) atoms. The lowest BCUT2D eigenvalue weighted by Gasteiger charge is -2.37. The molecule has 0 aromatic rings. The Kier molecular flexibility index (Phi) is 2.18. The number of rotatable bonds is 0. The molecule has 2 fully saturated rings. The van der Waals surface area contributed by atoms with E-state index in [0.29, 0.717) is 0 Å². The van der Waals surface area contributed by atoms with Gasteiger partial charge in [0.1, 0.15) is 0 Å². The van der Waals surface area contributed by atoms with E-state index in [1.807, 2.05) is 0 Å². The molecule has 78 valence electrons. The summed E-state index contributed by atoms with van der Waals surface area (Å²) < 4.78 is 0. The lowest BCUT2D eigenvalue weighted by Crippen LogP contribution is -2.26. The molecule has 0 nitrogen and oxygen atoms in total. The standard InChI is InChI=1S/C14H22/c1-2-4-8-14(9-5-3-1)11-12-6-7-13(14)10-12/h6-7,12-13H,1-5,8-11H2. The molecule has 1 spiro atoms. The molecule has 0 radical (unpaired) electrons. The maximum Gasteiger partial charge on any atom is -0.0171 e. The molecule has 3 aliphatic carbocycles. The Hall–Kier alpha value is -0.260. The molecule has 0 heterocycles. The fourth-order valence-corrected chi connectivity index (χ4v) is 4.24. The van der Waals surface area contributed by atoms with Crippen LogP contribution in [0.2, 0.25) is 0 Å². The molecule has 0 saturated heterocycles. The highest BCUT2D eigenvalue weighted by atomic mass is 14.5. The van der Waals surface area contributed by atoms with Gasteiger partial charge >= 0.3 is 0 Å². The van der Waals surface area contributed by atoms with Gasteiger partial charge in [0.2, 0.25) is 0 Å². The van der Waals surface area contributed by atoms with Crippen molar-refractivity contribution in [2.24, 2.45) is 17.3 Å². The Morgan fingerprint density at radius 1 is 0.857 bits per heavy atom. The second kappa shape index (κ2) is 3.40. The molecule has 3 aliphatic rings. The summed E-state index contributed by atoms with van der Waals surface area (Å²) in [4.78, 5) is 0. The first-order chi connectivity index (χ1) is 6.89. The van der Waals surface area contributed by atoms with E-state index < -0.39 is 0 Å². The van der Waals surface area contributed by atoms with Gasteiger partial charge in [-0.25, -0.2) is 0 Å². The van der Waals surface area contributed by atoms with E-state index in [-0.39, 0.29) is 0 Å². The highest BCUT2D eigenvalue weighted by Gasteiger charge is 2.47. The van der Waals surface area contributed by atoms with Gasteiger partial charge in [0.15, 0.2) is 0 Å². The summed E-state index contributed by atoms with van der Waals surface area (Å²) in [6, 6.07) is 0. The number of hydrogen-bond acceptors (Lipinski definition) is 0. The quantitative estimate of drug-likeness (QED) is 0.499. The van der Waals surface area contributed by atoms with E-state index in [1.165, 1.54) is 44.9 Å². The van der Waals surface area contributed by atoms with Crippen LogP contribution < -0.4 is 0 Å². The van der Waals surface area contributed by atoms with Crippen LogP contribution in [-0.4, -0.2) is 0 Å². The van der Waals surface area contributed by atoms with Crippen molar-refractivity contribution < 1.29 is 0 Å². The highest BCUT2D eigenvalue weighted by Crippen LogP contribution is 2.57. The lowest BCUT2D eigenvalue weighted by molar-refractivity contribution is 0.166. The van der Waals surface area contributed by atoms with Crippen LogP contribution in [0.3, 0.4) is 0 Å². The lowest BCUT2D eigenvalue weighted by atomic mass is 9.68. The van der Waals surface area contributed by atoms with Crippen LogP contribution in [0.25, 0.3) is 0 Å². The molecular formula is C14H22. The fraction of sp³-hybridized carbons (Fsp3) is 0.857. The number of allylic oxidation sites excluding steroid dienone is 2. The molecule has 2 unspecified atom stereocenters. The van der Waals surface area contributed by atoms with Gasteiger partial charge in [-0.3, -0.25) is 0 Å². The Balaban J connectivity index is 1.77. The van der Waals surface area contributed by atoms with E-state index in [9.17, 15) is 0 Å². The summed E-state index contributed by atoms with van der Waals surface area (Å²) in [6.07, 6.45) is 18.7. The highest BCUT2D eigenvalue weighted by molar-refractivity contribution is 5.15. The van der Waals surface area contributed by atoms with Gasteiger partial charge in [-0.15, -0.1) is 0 Å². The number of fused-ring (bicyclic) bond motifs is 3. The van der Waals surface area contributed by atoms with Gasteiger partial charge < -0.3 is 0 Å². The Morgan fingerprint density at radius 2 is 1.57 bits per heavy atom. The zero-order valence-corrected chi connectivity index (χ0v) is 9.17. The molecule has 2 bridgehead atoms. The normalized spacial score (nSPS) is 40.0. The van der Waals surface area contributed by atoms with Crippen LogP contribution in [0.15, 0.2) is 12.2 Å². The molecule has 0 N–H and O–H groups in total. The van der Waals surface area contributed by atoms with Crippen molar-refractivity contribution in [2.75, 3.05) is 0 Å². The first kappa shape index (κ1) is 9.00. The van der Waals surface area contributed by atoms with Crippen LogP contribution in [0, 0.1) is 17.3 Å². The molecule has 0 aromatic heterocycles. The maximum atomic E-state index is 2.55. The maximum absolute atomic E-state index is 2.55. The molecule has 2 atom stereocenters. The predicted octanol–water partition coefficient (Wildman–Crippen LogP) is 4.31. The molecule has 3 rings (SSSR count). The van der Waals surface area contributed by atoms with Gasteiger partial charge in [-0.1, -0.05) is 44.3 Å². The fourth-order valence-electron chi connectivity index (χ4n) is 4.24. The Labute approximate surface area is 87.8 Å². The third-order valence-corrected chi connectivity index (χ3v) is 4.98. The van der Waals surface area contributed by atoms with E-state index >= 15 is 0 Å². The minimum atomic E-state index is 0.778. The Morgan fingerprint density at radius 3 is 2.14 bits per heavy atom. The minimum absolute atomic E-state index is 0.778. The summed E-state index contributed by atoms with van der Waals surface area (Å²) in [5.74, 6) is 1.95. The molecule has 0 aromatic carbocycles. The van der Waals surface area contributed by atoms with Gasteiger partial charge in [-0.05, 0) is 42.9 Å². The van der Waals surface area contributed by atoms with Gasteiger partial charge in [0.05, 0.1) is 0 Å². The van der Waals surface area contributed by atoms with Crippen molar-refractivity contribution in [1.82, 2.24) is 0 Å². The van der Waals surface area contributed by atoms with Crippen LogP contribution in [0.5, 0.6) is 0 Å². The van der Waals surface area contributed by atoms with Crippen molar-refractivity contribution in [1.29, 1.82) is 0 Å². The largest absolute Gasteiger partial charge is 0.0851 e.